The van der Waals surface area contributed by atoms with Crippen LogP contribution >= 0.6 is 11.6 Å². The van der Waals surface area contributed by atoms with Crippen molar-refractivity contribution in [3.05, 3.63) is 64.2 Å². The van der Waals surface area contributed by atoms with Gasteiger partial charge in [0.15, 0.2) is 11.5 Å². The highest BCUT2D eigenvalue weighted by Crippen LogP contribution is 2.42. The van der Waals surface area contributed by atoms with Crippen molar-refractivity contribution in [3.8, 4) is 11.5 Å². The van der Waals surface area contributed by atoms with Crippen molar-refractivity contribution in [1.82, 2.24) is 9.80 Å². The molecule has 3 rings (SSSR count). The van der Waals surface area contributed by atoms with Gasteiger partial charge in [-0.05, 0) is 68.4 Å². The Balaban J connectivity index is 2.13. The molecule has 0 spiro atoms. The summed E-state index contributed by atoms with van der Waals surface area (Å²) < 4.78 is 11.7. The van der Waals surface area contributed by atoms with E-state index in [-0.39, 0.29) is 11.3 Å². The maximum atomic E-state index is 13.3. The standard InChI is InChI=1S/C28H35ClN2O5/c1-5-17-36-22-14-11-20(18-23(22)35-8-4)25-24(26(32)19-9-12-21(29)13-10-19)27(33)28(34)31(25)16-15-30(6-2)7-3/h9-14,18,25,32H,5-8,15-17H2,1-4H3/b26-24+. The number of ether oxygens (including phenoxy) is 2. The molecular weight excluding hydrogens is 480 g/mol. The zero-order valence-electron chi connectivity index (χ0n) is 21.4. The average Bonchev–Trinajstić information content (AvgIpc) is 3.13. The minimum absolute atomic E-state index is 0.0477. The molecule has 1 amide bonds. The molecule has 0 aromatic heterocycles. The van der Waals surface area contributed by atoms with Gasteiger partial charge in [0.25, 0.3) is 11.7 Å². The van der Waals surface area contributed by atoms with Crippen LogP contribution in [0.3, 0.4) is 0 Å². The number of nitrogens with zero attached hydrogens (tertiary/aromatic N) is 2. The molecule has 0 radical (unpaired) electrons. The summed E-state index contributed by atoms with van der Waals surface area (Å²) in [5, 5.41) is 11.7. The molecule has 1 fully saturated rings. The van der Waals surface area contributed by atoms with E-state index in [2.05, 4.69) is 18.7 Å². The number of likely N-dealkylation sites (tertiary alicyclic amines) is 1. The zero-order chi connectivity index (χ0) is 26.2. The van der Waals surface area contributed by atoms with Crippen molar-refractivity contribution in [2.24, 2.45) is 0 Å². The van der Waals surface area contributed by atoms with E-state index in [9.17, 15) is 14.7 Å². The number of hydrogen-bond acceptors (Lipinski definition) is 6. The fourth-order valence-corrected chi connectivity index (χ4v) is 4.43. The molecule has 0 aliphatic carbocycles. The van der Waals surface area contributed by atoms with E-state index in [1.807, 2.05) is 19.9 Å². The summed E-state index contributed by atoms with van der Waals surface area (Å²) in [4.78, 5) is 30.2. The number of carbonyl (C=O) groups excluding carboxylic acids is 2. The third-order valence-electron chi connectivity index (χ3n) is 6.25. The number of carbonyl (C=O) groups is 2. The highest BCUT2D eigenvalue weighted by molar-refractivity contribution is 6.46. The number of aliphatic hydroxyl groups is 1. The molecule has 1 saturated heterocycles. The largest absolute Gasteiger partial charge is 0.507 e. The van der Waals surface area contributed by atoms with E-state index in [1.165, 1.54) is 0 Å². The van der Waals surface area contributed by atoms with Crippen LogP contribution in [0.1, 0.15) is 51.3 Å². The minimum atomic E-state index is -0.768. The highest BCUT2D eigenvalue weighted by atomic mass is 35.5. The molecule has 2 aromatic rings. The van der Waals surface area contributed by atoms with E-state index < -0.39 is 17.7 Å². The van der Waals surface area contributed by atoms with Crippen LogP contribution in [-0.2, 0) is 9.59 Å². The Morgan fingerprint density at radius 3 is 2.31 bits per heavy atom. The van der Waals surface area contributed by atoms with Crippen molar-refractivity contribution in [1.29, 1.82) is 0 Å². The number of aliphatic hydroxyl groups excluding tert-OH is 1. The van der Waals surface area contributed by atoms with Crippen LogP contribution < -0.4 is 9.47 Å². The van der Waals surface area contributed by atoms with Crippen LogP contribution in [-0.4, -0.2) is 66.0 Å². The van der Waals surface area contributed by atoms with Gasteiger partial charge < -0.3 is 24.4 Å². The van der Waals surface area contributed by atoms with Gasteiger partial charge in [-0.2, -0.15) is 0 Å². The summed E-state index contributed by atoms with van der Waals surface area (Å²) in [5.41, 5.74) is 1.13. The predicted molar refractivity (Wildman–Crippen MR) is 142 cm³/mol. The molecule has 1 N–H and O–H groups in total. The van der Waals surface area contributed by atoms with Gasteiger partial charge in [-0.3, -0.25) is 9.59 Å². The van der Waals surface area contributed by atoms with Gasteiger partial charge in [-0.1, -0.05) is 38.4 Å². The van der Waals surface area contributed by atoms with Crippen molar-refractivity contribution in [2.75, 3.05) is 39.4 Å². The van der Waals surface area contributed by atoms with E-state index in [4.69, 9.17) is 21.1 Å². The molecule has 1 unspecified atom stereocenters. The van der Waals surface area contributed by atoms with Crippen LogP contribution in [0.15, 0.2) is 48.0 Å². The number of hydrogen-bond donors (Lipinski definition) is 1. The Morgan fingerprint density at radius 2 is 1.69 bits per heavy atom. The van der Waals surface area contributed by atoms with Crippen LogP contribution in [0.25, 0.3) is 5.76 Å². The number of Topliss-reactive ketones (excluding diaryl/α,β-unsaturated/α-hetero) is 1. The Bertz CT molecular complexity index is 1100. The van der Waals surface area contributed by atoms with Gasteiger partial charge in [-0.15, -0.1) is 0 Å². The molecular formula is C28H35ClN2O5. The lowest BCUT2D eigenvalue weighted by molar-refractivity contribution is -0.140. The minimum Gasteiger partial charge on any atom is -0.507 e. The molecule has 1 aliphatic rings. The number of halogens is 1. The molecule has 1 aliphatic heterocycles. The first-order valence-corrected chi connectivity index (χ1v) is 12.9. The van der Waals surface area contributed by atoms with Crippen LogP contribution in [0, 0.1) is 0 Å². The Labute approximate surface area is 218 Å². The van der Waals surface area contributed by atoms with Crippen molar-refractivity contribution in [3.63, 3.8) is 0 Å². The normalized spacial score (nSPS) is 17.2. The number of ketones is 1. The Hall–Kier alpha value is -3.03. The number of rotatable bonds is 12. The predicted octanol–water partition coefficient (Wildman–Crippen LogP) is 5.29. The molecule has 0 saturated carbocycles. The number of likely N-dealkylation sites (N-methyl/N-ethyl adjacent to an activating group) is 1. The first-order valence-electron chi connectivity index (χ1n) is 12.5. The molecule has 8 heteroatoms. The van der Waals surface area contributed by atoms with Crippen molar-refractivity contribution < 1.29 is 24.2 Å². The molecule has 194 valence electrons. The zero-order valence-corrected chi connectivity index (χ0v) is 22.2. The summed E-state index contributed by atoms with van der Waals surface area (Å²) in [5.74, 6) is -0.447. The van der Waals surface area contributed by atoms with Gasteiger partial charge in [-0.25, -0.2) is 0 Å². The number of amides is 1. The lowest BCUT2D eigenvalue weighted by Crippen LogP contribution is -2.38. The van der Waals surface area contributed by atoms with Gasteiger partial charge in [0, 0.05) is 23.7 Å². The van der Waals surface area contributed by atoms with Crippen molar-refractivity contribution in [2.45, 2.75) is 40.2 Å². The van der Waals surface area contributed by atoms with Crippen LogP contribution in [0.5, 0.6) is 11.5 Å². The maximum absolute atomic E-state index is 13.3. The third kappa shape index (κ3) is 6.02. The van der Waals surface area contributed by atoms with Gasteiger partial charge in [0.05, 0.1) is 24.8 Å². The summed E-state index contributed by atoms with van der Waals surface area (Å²) in [7, 11) is 0. The quantitative estimate of drug-likeness (QED) is 0.235. The molecule has 1 heterocycles. The van der Waals surface area contributed by atoms with E-state index >= 15 is 0 Å². The highest BCUT2D eigenvalue weighted by Gasteiger charge is 2.46. The number of benzene rings is 2. The maximum Gasteiger partial charge on any atom is 0.295 e. The van der Waals surface area contributed by atoms with Crippen LogP contribution in [0.2, 0.25) is 5.02 Å². The summed E-state index contributed by atoms with van der Waals surface area (Å²) in [6.45, 7) is 11.6. The average molecular weight is 515 g/mol. The van der Waals surface area contributed by atoms with Gasteiger partial charge >= 0.3 is 0 Å². The first kappa shape index (κ1) is 27.6. The second-order valence-corrected chi connectivity index (χ2v) is 8.95. The monoisotopic (exact) mass is 514 g/mol. The summed E-state index contributed by atoms with van der Waals surface area (Å²) in [6, 6.07) is 11.2. The van der Waals surface area contributed by atoms with Crippen molar-refractivity contribution >= 4 is 29.1 Å². The fraction of sp³-hybridized carbons (Fsp3) is 0.429. The topological polar surface area (TPSA) is 79.3 Å². The van der Waals surface area contributed by atoms with E-state index in [1.54, 1.807) is 41.3 Å². The molecule has 36 heavy (non-hydrogen) atoms. The lowest BCUT2D eigenvalue weighted by atomic mass is 9.95. The fourth-order valence-electron chi connectivity index (χ4n) is 4.30. The molecule has 0 bridgehead atoms. The second-order valence-electron chi connectivity index (χ2n) is 8.51. The third-order valence-corrected chi connectivity index (χ3v) is 6.51. The molecule has 1 atom stereocenters. The van der Waals surface area contributed by atoms with E-state index in [0.29, 0.717) is 54.0 Å². The molecule has 2 aromatic carbocycles. The first-order chi connectivity index (χ1) is 17.4. The Kier molecular flexibility index (Phi) is 9.79. The second kappa shape index (κ2) is 12.8. The van der Waals surface area contributed by atoms with Gasteiger partial charge in [0.2, 0.25) is 0 Å². The van der Waals surface area contributed by atoms with E-state index in [0.717, 1.165) is 19.5 Å². The summed E-state index contributed by atoms with van der Waals surface area (Å²) >= 11 is 6.01. The molecule has 7 nitrogen and oxygen atoms in total. The lowest BCUT2D eigenvalue weighted by Gasteiger charge is -2.28. The van der Waals surface area contributed by atoms with Crippen LogP contribution in [0.4, 0.5) is 0 Å². The SMILES string of the molecule is CCCOc1ccc(C2/C(=C(\O)c3ccc(Cl)cc3)C(=O)C(=O)N2CCN(CC)CC)cc1OCC. The Morgan fingerprint density at radius 1 is 1.00 bits per heavy atom. The summed E-state index contributed by atoms with van der Waals surface area (Å²) in [6.07, 6.45) is 0.847. The smallest absolute Gasteiger partial charge is 0.295 e. The van der Waals surface area contributed by atoms with Gasteiger partial charge in [0.1, 0.15) is 5.76 Å².